The molecule has 0 bridgehead atoms. The first kappa shape index (κ1) is 15.6. The van der Waals surface area contributed by atoms with E-state index in [0.717, 1.165) is 38.5 Å². The number of methoxy groups -OCH3 is 1. The minimum Gasteiger partial charge on any atom is -0.495 e. The predicted octanol–water partition coefficient (Wildman–Crippen LogP) is 2.02. The number of aliphatic hydroxyl groups excluding tert-OH is 1. The first-order valence-electron chi connectivity index (χ1n) is 7.06. The van der Waals surface area contributed by atoms with Crippen molar-refractivity contribution >= 4 is 11.6 Å². The Morgan fingerprint density at radius 1 is 1.30 bits per heavy atom. The summed E-state index contributed by atoms with van der Waals surface area (Å²) in [5.41, 5.74) is 1.21. The minimum atomic E-state index is 0.240. The molecule has 0 aromatic heterocycles. The van der Waals surface area contributed by atoms with E-state index < -0.39 is 0 Å². The fourth-order valence-corrected chi connectivity index (χ4v) is 2.94. The lowest BCUT2D eigenvalue weighted by molar-refractivity contribution is 0.0888. The van der Waals surface area contributed by atoms with Crippen LogP contribution in [0.1, 0.15) is 18.5 Å². The van der Waals surface area contributed by atoms with Crippen LogP contribution in [0.2, 0.25) is 5.02 Å². The van der Waals surface area contributed by atoms with E-state index in [1.165, 1.54) is 5.56 Å². The highest BCUT2D eigenvalue weighted by atomic mass is 35.5. The van der Waals surface area contributed by atoms with Crippen LogP contribution in [0.3, 0.4) is 0 Å². The van der Waals surface area contributed by atoms with Crippen molar-refractivity contribution < 1.29 is 9.84 Å². The minimum absolute atomic E-state index is 0.240. The first-order valence-corrected chi connectivity index (χ1v) is 7.44. The summed E-state index contributed by atoms with van der Waals surface area (Å²) >= 11 is 6.20. The van der Waals surface area contributed by atoms with Crippen molar-refractivity contribution in [2.45, 2.75) is 13.0 Å². The monoisotopic (exact) mass is 298 g/mol. The smallest absolute Gasteiger partial charge is 0.137 e. The van der Waals surface area contributed by atoms with Gasteiger partial charge >= 0.3 is 0 Å². The van der Waals surface area contributed by atoms with Gasteiger partial charge in [-0.25, -0.2) is 0 Å². The van der Waals surface area contributed by atoms with Gasteiger partial charge in [0.25, 0.3) is 0 Å². The predicted molar refractivity (Wildman–Crippen MR) is 81.5 cm³/mol. The van der Waals surface area contributed by atoms with Crippen molar-refractivity contribution in [2.24, 2.45) is 0 Å². The third-order valence-corrected chi connectivity index (χ3v) is 4.32. The first-order chi connectivity index (χ1) is 9.65. The van der Waals surface area contributed by atoms with Gasteiger partial charge in [-0.3, -0.25) is 9.80 Å². The van der Waals surface area contributed by atoms with Crippen LogP contribution in [-0.2, 0) is 0 Å². The number of benzene rings is 1. The number of β-amino-alcohol motifs (C(OH)–C–C–N with tert-alkyl or cyclic N) is 1. The lowest BCUT2D eigenvalue weighted by Gasteiger charge is -2.38. The molecule has 112 valence electrons. The van der Waals surface area contributed by atoms with Gasteiger partial charge in [-0.1, -0.05) is 17.7 Å². The second-order valence-corrected chi connectivity index (χ2v) is 5.58. The zero-order chi connectivity index (χ0) is 14.5. The van der Waals surface area contributed by atoms with Gasteiger partial charge in [0, 0.05) is 38.8 Å². The molecule has 0 aliphatic carbocycles. The molecule has 5 heteroatoms. The van der Waals surface area contributed by atoms with E-state index >= 15 is 0 Å². The van der Waals surface area contributed by atoms with Crippen LogP contribution >= 0.6 is 11.6 Å². The lowest BCUT2D eigenvalue weighted by Crippen LogP contribution is -2.47. The summed E-state index contributed by atoms with van der Waals surface area (Å²) in [5.74, 6) is 0.718. The molecule has 1 fully saturated rings. The van der Waals surface area contributed by atoms with Crippen molar-refractivity contribution in [3.05, 3.63) is 28.8 Å². The molecule has 1 N–H and O–H groups in total. The average Bonchev–Trinajstić information content (AvgIpc) is 2.47. The molecule has 20 heavy (non-hydrogen) atoms. The summed E-state index contributed by atoms with van der Waals surface area (Å²) in [4.78, 5) is 4.75. The van der Waals surface area contributed by atoms with Crippen LogP contribution in [0.4, 0.5) is 0 Å². The maximum atomic E-state index is 8.97. The average molecular weight is 299 g/mol. The molecule has 1 aliphatic rings. The van der Waals surface area contributed by atoms with E-state index in [0.29, 0.717) is 11.1 Å². The highest BCUT2D eigenvalue weighted by Crippen LogP contribution is 2.30. The summed E-state index contributed by atoms with van der Waals surface area (Å²) in [6.45, 7) is 7.28. The molecule has 1 saturated heterocycles. The maximum Gasteiger partial charge on any atom is 0.137 e. The van der Waals surface area contributed by atoms with Crippen molar-refractivity contribution in [1.82, 2.24) is 9.80 Å². The molecule has 1 aromatic rings. The quantitative estimate of drug-likeness (QED) is 0.902. The van der Waals surface area contributed by atoms with Gasteiger partial charge in [0.1, 0.15) is 5.75 Å². The third-order valence-electron chi connectivity index (χ3n) is 4.03. The SMILES string of the molecule is COc1ccc([C@H](C)N2CCN(CCO)CC2)cc1Cl. The number of hydrogen-bond donors (Lipinski definition) is 1. The summed E-state index contributed by atoms with van der Waals surface area (Å²) < 4.78 is 5.19. The number of hydrogen-bond acceptors (Lipinski definition) is 4. The van der Waals surface area contributed by atoms with Gasteiger partial charge in [0.05, 0.1) is 18.7 Å². The summed E-state index contributed by atoms with van der Waals surface area (Å²) in [7, 11) is 1.63. The molecule has 0 radical (unpaired) electrons. The number of nitrogens with zero attached hydrogens (tertiary/aromatic N) is 2. The molecule has 0 unspecified atom stereocenters. The van der Waals surface area contributed by atoms with E-state index in [1.807, 2.05) is 12.1 Å². The highest BCUT2D eigenvalue weighted by molar-refractivity contribution is 6.32. The number of halogens is 1. The number of ether oxygens (including phenoxy) is 1. The topological polar surface area (TPSA) is 35.9 Å². The molecule has 4 nitrogen and oxygen atoms in total. The molecular weight excluding hydrogens is 276 g/mol. The van der Waals surface area contributed by atoms with Gasteiger partial charge in [0.2, 0.25) is 0 Å². The second kappa shape index (κ2) is 7.27. The Morgan fingerprint density at radius 3 is 2.55 bits per heavy atom. The summed E-state index contributed by atoms with van der Waals surface area (Å²) in [6, 6.07) is 6.34. The van der Waals surface area contributed by atoms with E-state index in [-0.39, 0.29) is 6.61 Å². The number of rotatable bonds is 5. The van der Waals surface area contributed by atoms with Crippen molar-refractivity contribution in [2.75, 3.05) is 46.4 Å². The second-order valence-electron chi connectivity index (χ2n) is 5.17. The fraction of sp³-hybridized carbons (Fsp3) is 0.600. The van der Waals surface area contributed by atoms with Crippen molar-refractivity contribution in [3.63, 3.8) is 0 Å². The van der Waals surface area contributed by atoms with Crippen molar-refractivity contribution in [3.8, 4) is 5.75 Å². The van der Waals surface area contributed by atoms with E-state index in [2.05, 4.69) is 22.8 Å². The van der Waals surface area contributed by atoms with Gasteiger partial charge in [-0.15, -0.1) is 0 Å². The molecule has 1 atom stereocenters. The summed E-state index contributed by atoms with van der Waals surface area (Å²) in [6.07, 6.45) is 0. The molecule has 1 aromatic carbocycles. The van der Waals surface area contributed by atoms with Crippen LogP contribution in [0, 0.1) is 0 Å². The third kappa shape index (κ3) is 3.64. The largest absolute Gasteiger partial charge is 0.495 e. The Kier molecular flexibility index (Phi) is 5.66. The Balaban J connectivity index is 1.98. The van der Waals surface area contributed by atoms with Gasteiger partial charge in [0.15, 0.2) is 0 Å². The lowest BCUT2D eigenvalue weighted by atomic mass is 10.1. The van der Waals surface area contributed by atoms with Crippen LogP contribution in [0.5, 0.6) is 5.75 Å². The van der Waals surface area contributed by atoms with E-state index in [9.17, 15) is 0 Å². The van der Waals surface area contributed by atoms with Gasteiger partial charge in [-0.05, 0) is 24.6 Å². The Hall–Kier alpha value is -0.810. The Bertz CT molecular complexity index is 434. The highest BCUT2D eigenvalue weighted by Gasteiger charge is 2.22. The molecule has 2 rings (SSSR count). The van der Waals surface area contributed by atoms with Crippen LogP contribution in [-0.4, -0.2) is 61.3 Å². The molecule has 1 aliphatic heterocycles. The normalized spacial score (nSPS) is 19.0. The zero-order valence-corrected chi connectivity index (χ0v) is 12.9. The molecule has 0 spiro atoms. The van der Waals surface area contributed by atoms with E-state index in [4.69, 9.17) is 21.4 Å². The maximum absolute atomic E-state index is 8.97. The number of piperazine rings is 1. The van der Waals surface area contributed by atoms with E-state index in [1.54, 1.807) is 7.11 Å². The van der Waals surface area contributed by atoms with Crippen LogP contribution in [0.25, 0.3) is 0 Å². The summed E-state index contributed by atoms with van der Waals surface area (Å²) in [5, 5.41) is 9.63. The molecule has 1 heterocycles. The van der Waals surface area contributed by atoms with Gasteiger partial charge in [-0.2, -0.15) is 0 Å². The van der Waals surface area contributed by atoms with Crippen LogP contribution in [0.15, 0.2) is 18.2 Å². The number of aliphatic hydroxyl groups is 1. The Labute approximate surface area is 125 Å². The Morgan fingerprint density at radius 2 is 2.00 bits per heavy atom. The molecule has 0 amide bonds. The zero-order valence-electron chi connectivity index (χ0n) is 12.2. The standard InChI is InChI=1S/C15H23ClN2O2/c1-12(13-3-4-15(20-2)14(16)11-13)18-7-5-17(6-8-18)9-10-19/h3-4,11-12,19H,5-10H2,1-2H3/t12-/m0/s1. The fourth-order valence-electron chi connectivity index (χ4n) is 2.67. The molecule has 0 saturated carbocycles. The van der Waals surface area contributed by atoms with Gasteiger partial charge < -0.3 is 9.84 Å². The van der Waals surface area contributed by atoms with Crippen LogP contribution < -0.4 is 4.74 Å². The molecular formula is C15H23ClN2O2. The van der Waals surface area contributed by atoms with Crippen molar-refractivity contribution in [1.29, 1.82) is 0 Å².